The Labute approximate surface area is 156 Å². The van der Waals surface area contributed by atoms with Crippen LogP contribution in [0.4, 0.5) is 16.2 Å². The summed E-state index contributed by atoms with van der Waals surface area (Å²) in [5, 5.41) is 8.31. The van der Waals surface area contributed by atoms with Crippen molar-refractivity contribution in [1.82, 2.24) is 24.6 Å². The summed E-state index contributed by atoms with van der Waals surface area (Å²) in [7, 11) is 1.76. The lowest BCUT2D eigenvalue weighted by Gasteiger charge is -2.26. The molecule has 0 aliphatic carbocycles. The first-order valence-electron chi connectivity index (χ1n) is 8.92. The van der Waals surface area contributed by atoms with Crippen molar-refractivity contribution < 1.29 is 9.13 Å². The van der Waals surface area contributed by atoms with E-state index in [-0.39, 0.29) is 5.82 Å². The predicted octanol–water partition coefficient (Wildman–Crippen LogP) is 1.50. The third kappa shape index (κ3) is 3.69. The summed E-state index contributed by atoms with van der Waals surface area (Å²) in [5.74, 6) is 0.657. The fourth-order valence-electron chi connectivity index (χ4n) is 3.16. The molecule has 2 aromatic heterocycles. The van der Waals surface area contributed by atoms with Gasteiger partial charge in [-0.3, -0.25) is 9.58 Å². The lowest BCUT2D eigenvalue weighted by Crippen LogP contribution is -2.39. The summed E-state index contributed by atoms with van der Waals surface area (Å²) in [4.78, 5) is 11.5. The smallest absolute Gasteiger partial charge is 0.225 e. The molecule has 0 atom stereocenters. The number of nitrogens with one attached hydrogen (secondary N) is 1. The van der Waals surface area contributed by atoms with Crippen molar-refractivity contribution in [3.8, 4) is 11.3 Å². The minimum Gasteiger partial charge on any atom is -0.383 e. The van der Waals surface area contributed by atoms with Gasteiger partial charge >= 0.3 is 0 Å². The van der Waals surface area contributed by atoms with Gasteiger partial charge in [-0.15, -0.1) is 0 Å². The number of hydrogen-bond donors (Lipinski definition) is 2. The zero-order valence-electron chi connectivity index (χ0n) is 15.2. The van der Waals surface area contributed by atoms with Crippen molar-refractivity contribution in [2.24, 2.45) is 7.05 Å². The number of nitrogen functional groups attached to an aromatic ring is 1. The van der Waals surface area contributed by atoms with Gasteiger partial charge < -0.3 is 15.8 Å². The van der Waals surface area contributed by atoms with Gasteiger partial charge in [0.2, 0.25) is 5.95 Å². The van der Waals surface area contributed by atoms with Crippen LogP contribution in [0.15, 0.2) is 24.3 Å². The summed E-state index contributed by atoms with van der Waals surface area (Å²) in [5.41, 5.74) is 8.08. The van der Waals surface area contributed by atoms with E-state index in [4.69, 9.17) is 10.5 Å². The number of halogens is 1. The van der Waals surface area contributed by atoms with Crippen molar-refractivity contribution in [3.05, 3.63) is 30.1 Å². The molecule has 0 saturated carbocycles. The lowest BCUT2D eigenvalue weighted by molar-refractivity contribution is 0.0398. The highest BCUT2D eigenvalue weighted by molar-refractivity contribution is 5.98. The lowest BCUT2D eigenvalue weighted by atomic mass is 10.1. The molecule has 3 heterocycles. The van der Waals surface area contributed by atoms with E-state index in [1.165, 1.54) is 12.1 Å². The summed E-state index contributed by atoms with van der Waals surface area (Å²) >= 11 is 0. The van der Waals surface area contributed by atoms with Crippen molar-refractivity contribution in [1.29, 1.82) is 0 Å². The molecule has 4 rings (SSSR count). The Hall–Kier alpha value is -2.78. The Morgan fingerprint density at radius 2 is 1.93 bits per heavy atom. The van der Waals surface area contributed by atoms with Crippen LogP contribution in [0.1, 0.15) is 0 Å². The van der Waals surface area contributed by atoms with Gasteiger partial charge in [0.05, 0.1) is 24.3 Å². The highest BCUT2D eigenvalue weighted by Crippen LogP contribution is 2.31. The second kappa shape index (κ2) is 7.45. The van der Waals surface area contributed by atoms with Crippen LogP contribution in [0.5, 0.6) is 0 Å². The topological polar surface area (TPSA) is 94.1 Å². The Morgan fingerprint density at radius 1 is 1.19 bits per heavy atom. The highest BCUT2D eigenvalue weighted by Gasteiger charge is 2.17. The van der Waals surface area contributed by atoms with Crippen molar-refractivity contribution in [3.63, 3.8) is 0 Å². The molecule has 142 valence electrons. The highest BCUT2D eigenvalue weighted by atomic mass is 19.1. The van der Waals surface area contributed by atoms with E-state index in [1.807, 2.05) is 0 Å². The summed E-state index contributed by atoms with van der Waals surface area (Å²) < 4.78 is 20.3. The molecule has 27 heavy (non-hydrogen) atoms. The number of nitrogens with two attached hydrogens (primary N) is 1. The fraction of sp³-hybridized carbons (Fsp3) is 0.389. The minimum absolute atomic E-state index is 0.299. The van der Waals surface area contributed by atoms with Gasteiger partial charge in [0.25, 0.3) is 0 Å². The van der Waals surface area contributed by atoms with Gasteiger partial charge in [-0.05, 0) is 24.3 Å². The Bertz CT molecular complexity index is 935. The van der Waals surface area contributed by atoms with Gasteiger partial charge in [-0.25, -0.2) is 9.37 Å². The number of anilines is 2. The van der Waals surface area contributed by atoms with E-state index in [1.54, 1.807) is 23.9 Å². The van der Waals surface area contributed by atoms with Gasteiger partial charge in [0.15, 0.2) is 5.65 Å². The average Bonchev–Trinajstić information content (AvgIpc) is 2.97. The van der Waals surface area contributed by atoms with Gasteiger partial charge in [-0.2, -0.15) is 10.1 Å². The standard InChI is InChI=1S/C18H22FN7O/c1-25-16(20)14-15(12-2-4-13(19)5-3-12)22-18(23-17(14)24-25)21-6-7-26-8-10-27-11-9-26/h2-5H,6-11,20H2,1H3,(H,21,23,24). The number of rotatable bonds is 5. The van der Waals surface area contributed by atoms with Crippen LogP contribution >= 0.6 is 0 Å². The number of benzene rings is 1. The van der Waals surface area contributed by atoms with Crippen molar-refractivity contribution in [2.75, 3.05) is 50.4 Å². The molecular weight excluding hydrogens is 349 g/mol. The van der Waals surface area contributed by atoms with Crippen molar-refractivity contribution >= 4 is 22.8 Å². The maximum Gasteiger partial charge on any atom is 0.225 e. The Balaban J connectivity index is 1.62. The molecule has 1 aromatic carbocycles. The van der Waals surface area contributed by atoms with E-state index >= 15 is 0 Å². The molecule has 1 aliphatic heterocycles. The number of nitrogens with zero attached hydrogens (tertiary/aromatic N) is 5. The molecule has 0 bridgehead atoms. The third-order valence-electron chi connectivity index (χ3n) is 4.67. The Morgan fingerprint density at radius 3 is 2.67 bits per heavy atom. The summed E-state index contributed by atoms with van der Waals surface area (Å²) in [6.07, 6.45) is 0. The quantitative estimate of drug-likeness (QED) is 0.702. The van der Waals surface area contributed by atoms with Crippen LogP contribution < -0.4 is 11.1 Å². The molecule has 0 radical (unpaired) electrons. The van der Waals surface area contributed by atoms with Gasteiger partial charge in [0.1, 0.15) is 11.6 Å². The molecule has 0 spiro atoms. The normalized spacial score (nSPS) is 15.3. The summed E-state index contributed by atoms with van der Waals surface area (Å²) in [6.45, 7) is 4.98. The zero-order chi connectivity index (χ0) is 18.8. The largest absolute Gasteiger partial charge is 0.383 e. The molecule has 3 aromatic rings. The first-order valence-corrected chi connectivity index (χ1v) is 8.92. The first kappa shape index (κ1) is 17.6. The molecule has 1 saturated heterocycles. The monoisotopic (exact) mass is 371 g/mol. The van der Waals surface area contributed by atoms with E-state index in [9.17, 15) is 4.39 Å². The average molecular weight is 371 g/mol. The van der Waals surface area contributed by atoms with E-state index in [0.29, 0.717) is 35.0 Å². The van der Waals surface area contributed by atoms with E-state index in [2.05, 4.69) is 25.3 Å². The maximum absolute atomic E-state index is 13.3. The second-order valence-electron chi connectivity index (χ2n) is 6.49. The van der Waals surface area contributed by atoms with E-state index in [0.717, 1.165) is 38.4 Å². The fourth-order valence-corrected chi connectivity index (χ4v) is 3.16. The third-order valence-corrected chi connectivity index (χ3v) is 4.67. The molecular formula is C18H22FN7O. The molecule has 1 aliphatic rings. The zero-order valence-corrected chi connectivity index (χ0v) is 15.2. The number of hydrogen-bond acceptors (Lipinski definition) is 7. The molecule has 3 N–H and O–H groups in total. The van der Waals surface area contributed by atoms with Crippen LogP contribution in [0, 0.1) is 5.82 Å². The van der Waals surface area contributed by atoms with Crippen LogP contribution in [0.3, 0.4) is 0 Å². The first-order chi connectivity index (χ1) is 13.1. The van der Waals surface area contributed by atoms with Crippen LogP contribution in [0.25, 0.3) is 22.3 Å². The molecule has 0 unspecified atom stereocenters. The molecule has 9 heteroatoms. The molecule has 8 nitrogen and oxygen atoms in total. The van der Waals surface area contributed by atoms with Crippen molar-refractivity contribution in [2.45, 2.75) is 0 Å². The number of aromatic nitrogens is 4. The second-order valence-corrected chi connectivity index (χ2v) is 6.49. The predicted molar refractivity (Wildman–Crippen MR) is 102 cm³/mol. The van der Waals surface area contributed by atoms with E-state index < -0.39 is 0 Å². The van der Waals surface area contributed by atoms with Crippen LogP contribution in [0.2, 0.25) is 0 Å². The Kier molecular flexibility index (Phi) is 4.87. The SMILES string of the molecule is Cn1nc2nc(NCCN3CCOCC3)nc(-c3ccc(F)cc3)c2c1N. The van der Waals surface area contributed by atoms with Crippen LogP contribution in [-0.4, -0.2) is 64.0 Å². The number of morpholine rings is 1. The van der Waals surface area contributed by atoms with Crippen LogP contribution in [-0.2, 0) is 11.8 Å². The summed E-state index contributed by atoms with van der Waals surface area (Å²) in [6, 6.07) is 6.17. The molecule has 1 fully saturated rings. The molecule has 0 amide bonds. The number of ether oxygens (including phenoxy) is 1. The maximum atomic E-state index is 13.3. The van der Waals surface area contributed by atoms with Gasteiger partial charge in [0, 0.05) is 38.8 Å². The number of aryl methyl sites for hydroxylation is 1. The van der Waals surface area contributed by atoms with Gasteiger partial charge in [-0.1, -0.05) is 0 Å². The minimum atomic E-state index is -0.299. The number of fused-ring (bicyclic) bond motifs is 1.